The van der Waals surface area contributed by atoms with Crippen molar-refractivity contribution in [1.29, 1.82) is 0 Å². The smallest absolute Gasteiger partial charge is 0.253 e. The number of amides is 1. The standard InChI is InChI=1S/C26H28ClN3O3S/c1-28(19-22-9-5-11-24(27)17-22)26(31)23-10-6-12-25(18-23)34(32,33)30-15-13-29(14-16-30)20-21-7-3-2-4-8-21/h2-12,17-18H,13-16,19-20H2,1H3. The lowest BCUT2D eigenvalue weighted by atomic mass is 10.1. The van der Waals surface area contributed by atoms with Gasteiger partial charge >= 0.3 is 0 Å². The van der Waals surface area contributed by atoms with E-state index in [1.165, 1.54) is 15.9 Å². The SMILES string of the molecule is CN(Cc1cccc(Cl)c1)C(=O)c1cccc(S(=O)(=O)N2CCN(Cc3ccccc3)CC2)c1. The van der Waals surface area contributed by atoms with Gasteiger partial charge in [-0.25, -0.2) is 8.42 Å². The van der Waals surface area contributed by atoms with Gasteiger partial charge in [-0.2, -0.15) is 4.31 Å². The molecule has 6 nitrogen and oxygen atoms in total. The predicted molar refractivity (Wildman–Crippen MR) is 134 cm³/mol. The van der Waals surface area contributed by atoms with Gasteiger partial charge in [-0.3, -0.25) is 9.69 Å². The number of nitrogens with zero attached hydrogens (tertiary/aromatic N) is 3. The van der Waals surface area contributed by atoms with Crippen LogP contribution in [-0.4, -0.2) is 61.7 Å². The van der Waals surface area contributed by atoms with Crippen molar-refractivity contribution in [3.8, 4) is 0 Å². The minimum Gasteiger partial charge on any atom is -0.337 e. The lowest BCUT2D eigenvalue weighted by molar-refractivity contribution is 0.0785. The van der Waals surface area contributed by atoms with Crippen LogP contribution in [0.25, 0.3) is 0 Å². The van der Waals surface area contributed by atoms with Crippen LogP contribution >= 0.6 is 11.6 Å². The molecule has 3 aromatic rings. The monoisotopic (exact) mass is 497 g/mol. The summed E-state index contributed by atoms with van der Waals surface area (Å²) in [6.07, 6.45) is 0. The summed E-state index contributed by atoms with van der Waals surface area (Å²) < 4.78 is 28.1. The molecule has 0 N–H and O–H groups in total. The fourth-order valence-corrected chi connectivity index (χ4v) is 5.79. The van der Waals surface area contributed by atoms with E-state index in [1.54, 1.807) is 36.2 Å². The molecule has 1 amide bonds. The summed E-state index contributed by atoms with van der Waals surface area (Å²) in [5.41, 5.74) is 2.46. The molecular formula is C26H28ClN3O3S. The summed E-state index contributed by atoms with van der Waals surface area (Å²) in [6, 6.07) is 23.8. The minimum atomic E-state index is -3.69. The van der Waals surface area contributed by atoms with E-state index >= 15 is 0 Å². The van der Waals surface area contributed by atoms with Gasteiger partial charge in [0, 0.05) is 56.9 Å². The first-order chi connectivity index (χ1) is 16.3. The van der Waals surface area contributed by atoms with Gasteiger partial charge in [0.1, 0.15) is 0 Å². The van der Waals surface area contributed by atoms with E-state index in [0.29, 0.717) is 43.3 Å². The van der Waals surface area contributed by atoms with Crippen molar-refractivity contribution in [2.45, 2.75) is 18.0 Å². The molecule has 8 heteroatoms. The molecule has 1 fully saturated rings. The molecule has 3 aromatic carbocycles. The summed E-state index contributed by atoms with van der Waals surface area (Å²) >= 11 is 6.04. The van der Waals surface area contributed by atoms with Crippen molar-refractivity contribution in [2.75, 3.05) is 33.2 Å². The van der Waals surface area contributed by atoms with Crippen LogP contribution in [0.4, 0.5) is 0 Å². The second-order valence-electron chi connectivity index (χ2n) is 8.48. The maximum absolute atomic E-state index is 13.3. The van der Waals surface area contributed by atoms with E-state index in [4.69, 9.17) is 11.6 Å². The lowest BCUT2D eigenvalue weighted by Gasteiger charge is -2.34. The number of halogens is 1. The van der Waals surface area contributed by atoms with Crippen LogP contribution < -0.4 is 0 Å². The van der Waals surface area contributed by atoms with Crippen LogP contribution in [0.2, 0.25) is 5.02 Å². The highest BCUT2D eigenvalue weighted by atomic mass is 35.5. The second-order valence-corrected chi connectivity index (χ2v) is 10.9. The zero-order chi connectivity index (χ0) is 24.1. The Labute approximate surface area is 206 Å². The maximum Gasteiger partial charge on any atom is 0.253 e. The summed E-state index contributed by atoms with van der Waals surface area (Å²) in [6.45, 7) is 3.34. The predicted octanol–water partition coefficient (Wildman–Crippen LogP) is 4.12. The van der Waals surface area contributed by atoms with E-state index in [2.05, 4.69) is 17.0 Å². The Hall–Kier alpha value is -2.71. The molecule has 1 aliphatic heterocycles. The first-order valence-corrected chi connectivity index (χ1v) is 13.0. The Morgan fingerprint density at radius 3 is 2.26 bits per heavy atom. The molecule has 0 unspecified atom stereocenters. The van der Waals surface area contributed by atoms with Crippen LogP contribution in [0.15, 0.2) is 83.8 Å². The van der Waals surface area contributed by atoms with Gasteiger partial charge < -0.3 is 4.90 Å². The fraction of sp³-hybridized carbons (Fsp3) is 0.269. The molecule has 1 aliphatic rings. The molecule has 0 spiro atoms. The number of sulfonamides is 1. The zero-order valence-electron chi connectivity index (χ0n) is 19.1. The Bertz CT molecular complexity index is 1240. The second kappa shape index (κ2) is 10.7. The third-order valence-corrected chi connectivity index (χ3v) is 8.08. The molecule has 1 heterocycles. The number of carbonyl (C=O) groups is 1. The van der Waals surface area contributed by atoms with Gasteiger partial charge in [-0.1, -0.05) is 60.1 Å². The first-order valence-electron chi connectivity index (χ1n) is 11.2. The summed E-state index contributed by atoms with van der Waals surface area (Å²) in [4.78, 5) is 16.9. The third-order valence-electron chi connectivity index (χ3n) is 5.95. The highest BCUT2D eigenvalue weighted by molar-refractivity contribution is 7.89. The first kappa shape index (κ1) is 24.4. The maximum atomic E-state index is 13.3. The third kappa shape index (κ3) is 5.85. The van der Waals surface area contributed by atoms with Crippen molar-refractivity contribution in [3.05, 3.63) is 101 Å². The average molecular weight is 498 g/mol. The molecular weight excluding hydrogens is 470 g/mol. The fourth-order valence-electron chi connectivity index (χ4n) is 4.11. The lowest BCUT2D eigenvalue weighted by Crippen LogP contribution is -2.48. The number of hydrogen-bond donors (Lipinski definition) is 0. The van der Waals surface area contributed by atoms with Crippen molar-refractivity contribution < 1.29 is 13.2 Å². The van der Waals surface area contributed by atoms with Crippen LogP contribution in [0.1, 0.15) is 21.5 Å². The molecule has 0 aromatic heterocycles. The molecule has 0 radical (unpaired) electrons. The van der Waals surface area contributed by atoms with Crippen molar-refractivity contribution in [3.63, 3.8) is 0 Å². The Kier molecular flexibility index (Phi) is 7.68. The van der Waals surface area contributed by atoms with Crippen LogP contribution in [0, 0.1) is 0 Å². The van der Waals surface area contributed by atoms with Crippen molar-refractivity contribution >= 4 is 27.5 Å². The van der Waals surface area contributed by atoms with Crippen LogP contribution in [0.3, 0.4) is 0 Å². The Balaban J connectivity index is 1.41. The van der Waals surface area contributed by atoms with Gasteiger partial charge in [-0.05, 0) is 41.5 Å². The number of piperazine rings is 1. The topological polar surface area (TPSA) is 60.9 Å². The minimum absolute atomic E-state index is 0.144. The molecule has 34 heavy (non-hydrogen) atoms. The van der Waals surface area contributed by atoms with Gasteiger partial charge in [0.15, 0.2) is 0 Å². The quantitative estimate of drug-likeness (QED) is 0.492. The normalized spacial score (nSPS) is 15.2. The molecule has 0 bridgehead atoms. The molecule has 0 atom stereocenters. The van der Waals surface area contributed by atoms with E-state index in [0.717, 1.165) is 12.1 Å². The van der Waals surface area contributed by atoms with Crippen LogP contribution in [-0.2, 0) is 23.1 Å². The molecule has 0 aliphatic carbocycles. The van der Waals surface area contributed by atoms with E-state index in [9.17, 15) is 13.2 Å². The average Bonchev–Trinajstić information content (AvgIpc) is 2.84. The molecule has 1 saturated heterocycles. The van der Waals surface area contributed by atoms with Gasteiger partial charge in [0.2, 0.25) is 10.0 Å². The Morgan fingerprint density at radius 1 is 0.882 bits per heavy atom. The highest BCUT2D eigenvalue weighted by Crippen LogP contribution is 2.21. The number of carbonyl (C=O) groups excluding carboxylic acids is 1. The number of benzene rings is 3. The van der Waals surface area contributed by atoms with Gasteiger partial charge in [0.05, 0.1) is 4.90 Å². The molecule has 0 saturated carbocycles. The van der Waals surface area contributed by atoms with Gasteiger partial charge in [0.25, 0.3) is 5.91 Å². The largest absolute Gasteiger partial charge is 0.337 e. The van der Waals surface area contributed by atoms with Crippen LogP contribution in [0.5, 0.6) is 0 Å². The zero-order valence-corrected chi connectivity index (χ0v) is 20.7. The van der Waals surface area contributed by atoms with Crippen molar-refractivity contribution in [1.82, 2.24) is 14.1 Å². The summed E-state index contributed by atoms with van der Waals surface area (Å²) in [5.74, 6) is -0.246. The molecule has 178 valence electrons. The van der Waals surface area contributed by atoms with Gasteiger partial charge in [-0.15, -0.1) is 0 Å². The van der Waals surface area contributed by atoms with E-state index in [-0.39, 0.29) is 10.8 Å². The Morgan fingerprint density at radius 2 is 1.56 bits per heavy atom. The molecule has 4 rings (SSSR count). The van der Waals surface area contributed by atoms with E-state index in [1.807, 2.05) is 36.4 Å². The summed E-state index contributed by atoms with van der Waals surface area (Å²) in [7, 11) is -2.00. The highest BCUT2D eigenvalue weighted by Gasteiger charge is 2.29. The number of rotatable bonds is 7. The number of hydrogen-bond acceptors (Lipinski definition) is 4. The van der Waals surface area contributed by atoms with E-state index < -0.39 is 10.0 Å². The summed E-state index contributed by atoms with van der Waals surface area (Å²) in [5, 5.41) is 0.607. The van der Waals surface area contributed by atoms with Crippen molar-refractivity contribution in [2.24, 2.45) is 0 Å².